The topological polar surface area (TPSA) is 106 Å². The standard InChI is InChI=1S/C26H22F3N5O3S/c1-3-30-25(37)33-22-9-16(24-32-21(12-38-24)26(27,28)29)18(10-31-22)14-4-7-20-17(8-14)23(36)19(13(2)35)11-34(20)15-5-6-15/h4,7-12,15H,3,5-6H2,1-2H3,(H2,30,31,33,37). The van der Waals surface area contributed by atoms with Crippen LogP contribution in [0, 0.1) is 0 Å². The lowest BCUT2D eigenvalue weighted by atomic mass is 9.99. The maximum atomic E-state index is 13.3. The van der Waals surface area contributed by atoms with E-state index in [0.717, 1.165) is 29.6 Å². The van der Waals surface area contributed by atoms with Crippen molar-refractivity contribution in [3.63, 3.8) is 0 Å². The van der Waals surface area contributed by atoms with Crippen molar-refractivity contribution in [2.75, 3.05) is 11.9 Å². The number of carbonyl (C=O) groups is 2. The summed E-state index contributed by atoms with van der Waals surface area (Å²) in [4.78, 5) is 45.5. The quantitative estimate of drug-likeness (QED) is 0.296. The number of nitrogens with one attached hydrogen (secondary N) is 2. The molecule has 0 atom stereocenters. The predicted octanol–water partition coefficient (Wildman–Crippen LogP) is 5.88. The largest absolute Gasteiger partial charge is 0.434 e. The zero-order valence-electron chi connectivity index (χ0n) is 20.3. The van der Waals surface area contributed by atoms with Gasteiger partial charge < -0.3 is 9.88 Å². The van der Waals surface area contributed by atoms with Crippen molar-refractivity contribution in [2.45, 2.75) is 38.9 Å². The van der Waals surface area contributed by atoms with Crippen LogP contribution in [0.2, 0.25) is 0 Å². The number of rotatable bonds is 6. The molecule has 0 unspecified atom stereocenters. The molecular formula is C26H22F3N5O3S. The molecule has 3 aromatic heterocycles. The molecule has 0 spiro atoms. The van der Waals surface area contributed by atoms with Crippen LogP contribution in [0.1, 0.15) is 48.8 Å². The number of aromatic nitrogens is 3. The summed E-state index contributed by atoms with van der Waals surface area (Å²) >= 11 is 0.806. The van der Waals surface area contributed by atoms with E-state index in [1.54, 1.807) is 31.3 Å². The summed E-state index contributed by atoms with van der Waals surface area (Å²) in [7, 11) is 0. The second-order valence-corrected chi connectivity index (χ2v) is 9.79. The van der Waals surface area contributed by atoms with E-state index in [9.17, 15) is 27.6 Å². The zero-order valence-corrected chi connectivity index (χ0v) is 21.2. The van der Waals surface area contributed by atoms with Crippen LogP contribution in [-0.2, 0) is 6.18 Å². The molecule has 3 heterocycles. The molecule has 38 heavy (non-hydrogen) atoms. The Morgan fingerprint density at radius 3 is 2.58 bits per heavy atom. The molecular weight excluding hydrogens is 519 g/mol. The van der Waals surface area contributed by atoms with Gasteiger partial charge in [0.25, 0.3) is 0 Å². The second-order valence-electron chi connectivity index (χ2n) is 8.93. The number of thiazole rings is 1. The summed E-state index contributed by atoms with van der Waals surface area (Å²) in [5, 5.41) is 6.44. The third-order valence-corrected chi connectivity index (χ3v) is 7.05. The van der Waals surface area contributed by atoms with Crippen LogP contribution in [0.5, 0.6) is 0 Å². The lowest BCUT2D eigenvalue weighted by Crippen LogP contribution is -2.28. The number of ketones is 1. The van der Waals surface area contributed by atoms with Gasteiger partial charge in [-0.25, -0.2) is 14.8 Å². The third-order valence-electron chi connectivity index (χ3n) is 6.17. The highest BCUT2D eigenvalue weighted by Gasteiger charge is 2.34. The van der Waals surface area contributed by atoms with Crippen molar-refractivity contribution in [2.24, 2.45) is 0 Å². The smallest absolute Gasteiger partial charge is 0.343 e. The molecule has 2 N–H and O–H groups in total. The number of carbonyl (C=O) groups excluding carboxylic acids is 2. The minimum Gasteiger partial charge on any atom is -0.343 e. The van der Waals surface area contributed by atoms with Gasteiger partial charge in [0.2, 0.25) is 0 Å². The molecule has 0 saturated heterocycles. The number of fused-ring (bicyclic) bond motifs is 1. The van der Waals surface area contributed by atoms with Gasteiger partial charge in [0, 0.05) is 46.9 Å². The van der Waals surface area contributed by atoms with Crippen molar-refractivity contribution in [3.8, 4) is 21.7 Å². The first-order valence-electron chi connectivity index (χ1n) is 11.8. The van der Waals surface area contributed by atoms with Crippen LogP contribution < -0.4 is 16.1 Å². The summed E-state index contributed by atoms with van der Waals surface area (Å²) < 4.78 is 41.9. The maximum absolute atomic E-state index is 13.3. The fourth-order valence-corrected chi connectivity index (χ4v) is 5.06. The van der Waals surface area contributed by atoms with Crippen LogP contribution in [0.4, 0.5) is 23.8 Å². The van der Waals surface area contributed by atoms with Gasteiger partial charge in [0.05, 0.1) is 11.1 Å². The van der Waals surface area contributed by atoms with Gasteiger partial charge in [-0.1, -0.05) is 6.07 Å². The number of nitrogens with zero attached hydrogens (tertiary/aromatic N) is 3. The molecule has 1 aliphatic carbocycles. The Morgan fingerprint density at radius 1 is 1.18 bits per heavy atom. The number of Topliss-reactive ketones (excluding diaryl/α,β-unsaturated/α-hetero) is 1. The number of hydrogen-bond donors (Lipinski definition) is 2. The molecule has 2 amide bonds. The van der Waals surface area contributed by atoms with Gasteiger partial charge >= 0.3 is 12.2 Å². The first-order valence-corrected chi connectivity index (χ1v) is 12.7. The Labute approximate surface area is 218 Å². The molecule has 196 valence electrons. The third kappa shape index (κ3) is 4.91. The summed E-state index contributed by atoms with van der Waals surface area (Å²) in [5.74, 6) is -0.225. The van der Waals surface area contributed by atoms with Crippen molar-refractivity contribution in [3.05, 3.63) is 63.5 Å². The Balaban J connectivity index is 1.69. The lowest BCUT2D eigenvalue weighted by Gasteiger charge is -2.15. The number of urea groups is 1. The molecule has 12 heteroatoms. The summed E-state index contributed by atoms with van der Waals surface area (Å²) in [6, 6.07) is 6.28. The second kappa shape index (κ2) is 9.67. The molecule has 1 aliphatic rings. The number of alkyl halides is 3. The number of halogens is 3. The van der Waals surface area contributed by atoms with Gasteiger partial charge in [-0.05, 0) is 50.5 Å². The number of amides is 2. The summed E-state index contributed by atoms with van der Waals surface area (Å²) in [6.45, 7) is 3.45. The van der Waals surface area contributed by atoms with Crippen molar-refractivity contribution in [1.82, 2.24) is 19.9 Å². The Morgan fingerprint density at radius 2 is 1.95 bits per heavy atom. The van der Waals surface area contributed by atoms with E-state index < -0.39 is 23.3 Å². The number of anilines is 1. The van der Waals surface area contributed by atoms with Gasteiger partial charge in [-0.2, -0.15) is 13.2 Å². The van der Waals surface area contributed by atoms with Crippen LogP contribution in [0.25, 0.3) is 32.6 Å². The molecule has 5 rings (SSSR count). The molecule has 1 aromatic carbocycles. The zero-order chi connectivity index (χ0) is 27.2. The minimum atomic E-state index is -4.62. The van der Waals surface area contributed by atoms with Crippen LogP contribution in [-0.4, -0.2) is 32.9 Å². The van der Waals surface area contributed by atoms with Gasteiger partial charge in [-0.15, -0.1) is 11.3 Å². The monoisotopic (exact) mass is 541 g/mol. The van der Waals surface area contributed by atoms with Crippen LogP contribution >= 0.6 is 11.3 Å². The van der Waals surface area contributed by atoms with Crippen LogP contribution in [0.3, 0.4) is 0 Å². The highest BCUT2D eigenvalue weighted by atomic mass is 32.1. The van der Waals surface area contributed by atoms with Gasteiger partial charge in [0.1, 0.15) is 10.8 Å². The van der Waals surface area contributed by atoms with E-state index in [1.807, 2.05) is 4.57 Å². The van der Waals surface area contributed by atoms with Gasteiger partial charge in [-0.3, -0.25) is 14.9 Å². The Bertz CT molecular complexity index is 1640. The molecule has 0 bridgehead atoms. The number of pyridine rings is 2. The van der Waals surface area contributed by atoms with E-state index in [2.05, 4.69) is 20.6 Å². The van der Waals surface area contributed by atoms with E-state index in [1.165, 1.54) is 19.2 Å². The van der Waals surface area contributed by atoms with E-state index in [0.29, 0.717) is 34.1 Å². The highest BCUT2D eigenvalue weighted by molar-refractivity contribution is 7.13. The highest BCUT2D eigenvalue weighted by Crippen LogP contribution is 2.40. The first kappa shape index (κ1) is 25.6. The maximum Gasteiger partial charge on any atom is 0.434 e. The summed E-state index contributed by atoms with van der Waals surface area (Å²) in [6.07, 6.45) is 0.284. The summed E-state index contributed by atoms with van der Waals surface area (Å²) in [5.41, 5.74) is 0.534. The van der Waals surface area contributed by atoms with Crippen molar-refractivity contribution < 1.29 is 22.8 Å². The predicted molar refractivity (Wildman–Crippen MR) is 139 cm³/mol. The molecule has 1 saturated carbocycles. The Hall–Kier alpha value is -4.06. The first-order chi connectivity index (χ1) is 18.1. The normalized spacial score (nSPS) is 13.5. The molecule has 0 aliphatic heterocycles. The Kier molecular flexibility index (Phi) is 6.51. The SMILES string of the molecule is CCNC(=O)Nc1cc(-c2nc(C(F)(F)F)cs2)c(-c2ccc3c(c2)c(=O)c(C(C)=O)cn3C2CC2)cn1. The molecule has 0 radical (unpaired) electrons. The minimum absolute atomic E-state index is 0.0710. The lowest BCUT2D eigenvalue weighted by molar-refractivity contribution is -0.140. The van der Waals surface area contributed by atoms with Gasteiger partial charge in [0.15, 0.2) is 16.9 Å². The fourth-order valence-electron chi connectivity index (χ4n) is 4.21. The van der Waals surface area contributed by atoms with E-state index in [4.69, 9.17) is 0 Å². The molecule has 8 nitrogen and oxygen atoms in total. The average molecular weight is 542 g/mol. The van der Waals surface area contributed by atoms with Crippen molar-refractivity contribution in [1.29, 1.82) is 0 Å². The van der Waals surface area contributed by atoms with E-state index in [-0.39, 0.29) is 28.2 Å². The van der Waals surface area contributed by atoms with E-state index >= 15 is 0 Å². The van der Waals surface area contributed by atoms with Crippen molar-refractivity contribution >= 4 is 39.9 Å². The molecule has 4 aromatic rings. The fraction of sp³-hybridized carbons (Fsp3) is 0.269. The molecule has 1 fully saturated rings. The average Bonchev–Trinajstić information content (AvgIpc) is 3.57. The number of benzene rings is 1. The number of hydrogen-bond acceptors (Lipinski definition) is 6. The van der Waals surface area contributed by atoms with Crippen LogP contribution in [0.15, 0.2) is 46.8 Å².